The number of hydrogen-bond acceptors (Lipinski definition) is 4. The van der Waals surface area contributed by atoms with Crippen molar-refractivity contribution >= 4 is 6.03 Å². The highest BCUT2D eigenvalue weighted by molar-refractivity contribution is 5.74. The molecule has 0 radical (unpaired) electrons. The second kappa shape index (κ2) is 6.06. The summed E-state index contributed by atoms with van der Waals surface area (Å²) in [6.45, 7) is 3.00. The Kier molecular flexibility index (Phi) is 3.77. The Balaban J connectivity index is 1.31. The molecule has 122 valence electrons. The highest BCUT2D eigenvalue weighted by Crippen LogP contribution is 2.29. The van der Waals surface area contributed by atoms with Gasteiger partial charge in [0.05, 0.1) is 12.8 Å². The Morgan fingerprint density at radius 1 is 1.30 bits per heavy atom. The molecule has 7 nitrogen and oxygen atoms in total. The summed E-state index contributed by atoms with van der Waals surface area (Å²) in [7, 11) is 0. The summed E-state index contributed by atoms with van der Waals surface area (Å²) in [5, 5.41) is 11.6. The number of nitrogens with one attached hydrogen (secondary N) is 1. The van der Waals surface area contributed by atoms with E-state index in [9.17, 15) is 4.79 Å². The number of hydrogen-bond donors (Lipinski definition) is 1. The van der Waals surface area contributed by atoms with Crippen molar-refractivity contribution in [2.24, 2.45) is 0 Å². The maximum Gasteiger partial charge on any atom is 0.317 e. The fourth-order valence-corrected chi connectivity index (χ4v) is 3.50. The van der Waals surface area contributed by atoms with E-state index in [1.54, 1.807) is 6.26 Å². The number of amides is 2. The number of fused-ring (bicyclic) bond motifs is 1. The molecule has 0 bridgehead atoms. The molecule has 1 saturated heterocycles. The zero-order valence-electron chi connectivity index (χ0n) is 13.1. The lowest BCUT2D eigenvalue weighted by Gasteiger charge is -2.31. The van der Waals surface area contributed by atoms with Crippen molar-refractivity contribution in [3.63, 3.8) is 0 Å². The molecule has 23 heavy (non-hydrogen) atoms. The molecule has 2 aromatic rings. The first kappa shape index (κ1) is 14.3. The van der Waals surface area contributed by atoms with Crippen molar-refractivity contribution in [3.05, 3.63) is 35.8 Å². The molecule has 0 aliphatic carbocycles. The van der Waals surface area contributed by atoms with Gasteiger partial charge in [-0.3, -0.25) is 0 Å². The molecule has 2 aromatic heterocycles. The van der Waals surface area contributed by atoms with Crippen LogP contribution in [-0.4, -0.2) is 38.8 Å². The fourth-order valence-electron chi connectivity index (χ4n) is 3.50. The Bertz CT molecular complexity index is 671. The van der Waals surface area contributed by atoms with Gasteiger partial charge in [0.25, 0.3) is 0 Å². The third kappa shape index (κ3) is 2.83. The van der Waals surface area contributed by atoms with Crippen molar-refractivity contribution in [3.8, 4) is 0 Å². The Morgan fingerprint density at radius 3 is 2.96 bits per heavy atom. The van der Waals surface area contributed by atoms with Gasteiger partial charge in [-0.05, 0) is 31.4 Å². The highest BCUT2D eigenvalue weighted by Gasteiger charge is 2.29. The largest absolute Gasteiger partial charge is 0.467 e. The van der Waals surface area contributed by atoms with E-state index < -0.39 is 0 Å². The minimum absolute atomic E-state index is 0.0219. The summed E-state index contributed by atoms with van der Waals surface area (Å²) in [5.74, 6) is 3.43. The average molecular weight is 315 g/mol. The van der Waals surface area contributed by atoms with E-state index in [0.29, 0.717) is 12.5 Å². The zero-order chi connectivity index (χ0) is 15.6. The van der Waals surface area contributed by atoms with E-state index in [4.69, 9.17) is 4.42 Å². The van der Waals surface area contributed by atoms with Gasteiger partial charge in [0.1, 0.15) is 17.4 Å². The third-order valence-corrected chi connectivity index (χ3v) is 4.78. The van der Waals surface area contributed by atoms with Gasteiger partial charge in [-0.15, -0.1) is 10.2 Å². The summed E-state index contributed by atoms with van der Waals surface area (Å²) in [4.78, 5) is 14.1. The predicted octanol–water partition coefficient (Wildman–Crippen LogP) is 1.91. The number of furan rings is 1. The minimum atomic E-state index is -0.0219. The van der Waals surface area contributed by atoms with Crippen LogP contribution in [0.5, 0.6) is 0 Å². The molecule has 4 rings (SSSR count). The molecule has 2 amide bonds. The molecule has 1 fully saturated rings. The normalized spacial score (nSPS) is 18.2. The Labute approximate surface area is 134 Å². The van der Waals surface area contributed by atoms with E-state index in [1.807, 2.05) is 17.0 Å². The van der Waals surface area contributed by atoms with Crippen molar-refractivity contribution in [1.29, 1.82) is 0 Å². The summed E-state index contributed by atoms with van der Waals surface area (Å²) in [6, 6.07) is 3.66. The van der Waals surface area contributed by atoms with E-state index in [-0.39, 0.29) is 6.03 Å². The Morgan fingerprint density at radius 2 is 2.17 bits per heavy atom. The smallest absolute Gasteiger partial charge is 0.317 e. The number of likely N-dealkylation sites (tertiary alicyclic amines) is 1. The van der Waals surface area contributed by atoms with Crippen LogP contribution in [0.3, 0.4) is 0 Å². The fraction of sp³-hybridized carbons (Fsp3) is 0.562. The maximum absolute atomic E-state index is 12.2. The van der Waals surface area contributed by atoms with Crippen LogP contribution in [-0.2, 0) is 19.5 Å². The van der Waals surface area contributed by atoms with E-state index in [1.165, 1.54) is 6.42 Å². The van der Waals surface area contributed by atoms with Gasteiger partial charge < -0.3 is 19.2 Å². The topological polar surface area (TPSA) is 76.2 Å². The highest BCUT2D eigenvalue weighted by atomic mass is 16.3. The molecule has 0 saturated carbocycles. The molecule has 1 N–H and O–H groups in total. The number of carbonyl (C=O) groups is 1. The minimum Gasteiger partial charge on any atom is -0.467 e. The molecule has 0 aromatic carbocycles. The van der Waals surface area contributed by atoms with Gasteiger partial charge in [-0.1, -0.05) is 0 Å². The van der Waals surface area contributed by atoms with Crippen molar-refractivity contribution in [2.75, 3.05) is 13.1 Å². The Hall–Kier alpha value is -2.31. The lowest BCUT2D eigenvalue weighted by atomic mass is 9.96. The van der Waals surface area contributed by atoms with Gasteiger partial charge in [-0.25, -0.2) is 4.79 Å². The van der Waals surface area contributed by atoms with Crippen LogP contribution in [0.1, 0.15) is 42.6 Å². The monoisotopic (exact) mass is 315 g/mol. The van der Waals surface area contributed by atoms with Crippen LogP contribution in [0.15, 0.2) is 22.8 Å². The van der Waals surface area contributed by atoms with Gasteiger partial charge in [-0.2, -0.15) is 0 Å². The zero-order valence-corrected chi connectivity index (χ0v) is 13.1. The molecule has 7 heteroatoms. The molecule has 0 atom stereocenters. The number of rotatable bonds is 3. The van der Waals surface area contributed by atoms with Crippen LogP contribution < -0.4 is 5.32 Å². The SMILES string of the molecule is O=C(NCc1ccco1)N1CCC(c2nnc3n2CCC3)CC1. The van der Waals surface area contributed by atoms with Crippen molar-refractivity contribution < 1.29 is 9.21 Å². The molecular formula is C16H21N5O2. The van der Waals surface area contributed by atoms with Crippen LogP contribution in [0.4, 0.5) is 4.79 Å². The number of aromatic nitrogens is 3. The van der Waals surface area contributed by atoms with Crippen LogP contribution in [0.25, 0.3) is 0 Å². The lowest BCUT2D eigenvalue weighted by Crippen LogP contribution is -2.44. The van der Waals surface area contributed by atoms with Gasteiger partial charge in [0.2, 0.25) is 0 Å². The molecular weight excluding hydrogens is 294 g/mol. The number of aryl methyl sites for hydroxylation is 1. The van der Waals surface area contributed by atoms with E-state index in [0.717, 1.165) is 56.3 Å². The van der Waals surface area contributed by atoms with Crippen LogP contribution >= 0.6 is 0 Å². The summed E-state index contributed by atoms with van der Waals surface area (Å²) in [6.07, 6.45) is 5.73. The molecule has 2 aliphatic heterocycles. The van der Waals surface area contributed by atoms with Gasteiger partial charge in [0, 0.05) is 32.0 Å². The van der Waals surface area contributed by atoms with E-state index in [2.05, 4.69) is 20.1 Å². The second-order valence-corrected chi connectivity index (χ2v) is 6.23. The first-order valence-electron chi connectivity index (χ1n) is 8.28. The van der Waals surface area contributed by atoms with Gasteiger partial charge >= 0.3 is 6.03 Å². The lowest BCUT2D eigenvalue weighted by molar-refractivity contribution is 0.178. The first-order chi connectivity index (χ1) is 11.3. The van der Waals surface area contributed by atoms with Crippen LogP contribution in [0.2, 0.25) is 0 Å². The quantitative estimate of drug-likeness (QED) is 0.938. The number of urea groups is 1. The third-order valence-electron chi connectivity index (χ3n) is 4.78. The van der Waals surface area contributed by atoms with Crippen molar-refractivity contribution in [1.82, 2.24) is 25.0 Å². The van der Waals surface area contributed by atoms with Gasteiger partial charge in [0.15, 0.2) is 0 Å². The molecule has 2 aliphatic rings. The maximum atomic E-state index is 12.2. The van der Waals surface area contributed by atoms with Crippen molar-refractivity contribution in [2.45, 2.75) is 44.7 Å². The van der Waals surface area contributed by atoms with E-state index >= 15 is 0 Å². The number of piperidine rings is 1. The predicted molar refractivity (Wildman–Crippen MR) is 82.8 cm³/mol. The summed E-state index contributed by atoms with van der Waals surface area (Å²) in [5.41, 5.74) is 0. The molecule has 4 heterocycles. The number of nitrogens with zero attached hydrogens (tertiary/aromatic N) is 4. The van der Waals surface area contributed by atoms with Crippen LogP contribution in [0, 0.1) is 0 Å². The average Bonchev–Trinajstić information content (AvgIpc) is 3.30. The standard InChI is InChI=1S/C16H21N5O2/c22-16(17-11-13-3-2-10-23-13)20-8-5-12(6-9-20)15-19-18-14-4-1-7-21(14)15/h2-3,10,12H,1,4-9,11H2,(H,17,22). The summed E-state index contributed by atoms with van der Waals surface area (Å²) < 4.78 is 7.50. The number of carbonyl (C=O) groups excluding carboxylic acids is 1. The summed E-state index contributed by atoms with van der Waals surface area (Å²) >= 11 is 0. The first-order valence-corrected chi connectivity index (χ1v) is 8.28. The second-order valence-electron chi connectivity index (χ2n) is 6.23. The molecule has 0 unspecified atom stereocenters. The molecule has 0 spiro atoms.